The van der Waals surface area contributed by atoms with Gasteiger partial charge in [0, 0.05) is 20.2 Å². The van der Waals surface area contributed by atoms with E-state index in [1.165, 1.54) is 25.8 Å². The van der Waals surface area contributed by atoms with Gasteiger partial charge in [-0.25, -0.2) is 0 Å². The zero-order valence-electron chi connectivity index (χ0n) is 8.18. The molecule has 0 saturated carbocycles. The second kappa shape index (κ2) is 4.55. The van der Waals surface area contributed by atoms with Crippen molar-refractivity contribution in [2.45, 2.75) is 38.2 Å². The van der Waals surface area contributed by atoms with Crippen LogP contribution in [0.4, 0.5) is 0 Å². The van der Waals surface area contributed by atoms with Crippen LogP contribution in [0.3, 0.4) is 0 Å². The van der Waals surface area contributed by atoms with Gasteiger partial charge in [-0.1, -0.05) is 9.39 Å². The minimum atomic E-state index is 0.120. The van der Waals surface area contributed by atoms with Crippen molar-refractivity contribution in [2.24, 2.45) is 0 Å². The van der Waals surface area contributed by atoms with Crippen LogP contribution < -0.4 is 0 Å². The molecule has 0 aromatic rings. The van der Waals surface area contributed by atoms with Crippen LogP contribution in [0, 0.1) is 0 Å². The van der Waals surface area contributed by atoms with E-state index in [9.17, 15) is 0 Å². The molecule has 0 spiro atoms. The Balaban J connectivity index is 2.43. The van der Waals surface area contributed by atoms with Crippen molar-refractivity contribution in [1.82, 2.24) is 4.67 Å². The van der Waals surface area contributed by atoms with Crippen molar-refractivity contribution in [3.05, 3.63) is 0 Å². The first-order valence-corrected chi connectivity index (χ1v) is 5.23. The van der Waals surface area contributed by atoms with E-state index in [-0.39, 0.29) is 5.60 Å². The van der Waals surface area contributed by atoms with Crippen LogP contribution in [0.15, 0.2) is 0 Å². The van der Waals surface area contributed by atoms with Gasteiger partial charge in [-0.2, -0.15) is 0 Å². The molecule has 0 bridgehead atoms. The third kappa shape index (κ3) is 3.01. The fraction of sp³-hybridized carbons (Fsp3) is 1.00. The average molecular weight is 189 g/mol. The molecule has 12 heavy (non-hydrogen) atoms. The lowest BCUT2D eigenvalue weighted by atomic mass is 9.93. The molecule has 3 heteroatoms. The van der Waals surface area contributed by atoms with Crippen LogP contribution >= 0.6 is 9.39 Å². The standard InChI is InChI=1S/C9H20NOP/c1-9(11-2)5-3-4-7-10(12)8-6-9/h3-8,12H2,1-2H3. The van der Waals surface area contributed by atoms with E-state index >= 15 is 0 Å². The lowest BCUT2D eigenvalue weighted by Crippen LogP contribution is -2.33. The van der Waals surface area contributed by atoms with E-state index in [0.717, 1.165) is 13.0 Å². The number of hydrogen-bond acceptors (Lipinski definition) is 2. The zero-order valence-corrected chi connectivity index (χ0v) is 9.33. The molecule has 0 aliphatic carbocycles. The highest BCUT2D eigenvalue weighted by Gasteiger charge is 2.24. The van der Waals surface area contributed by atoms with Crippen molar-refractivity contribution in [3.8, 4) is 0 Å². The summed E-state index contributed by atoms with van der Waals surface area (Å²) in [5, 5.41) is 0. The Labute approximate surface area is 77.9 Å². The van der Waals surface area contributed by atoms with E-state index in [1.807, 2.05) is 7.11 Å². The third-order valence-corrected chi connectivity index (χ3v) is 3.34. The molecule has 2 unspecified atom stereocenters. The summed E-state index contributed by atoms with van der Waals surface area (Å²) in [6.45, 7) is 4.57. The van der Waals surface area contributed by atoms with Crippen molar-refractivity contribution in [1.29, 1.82) is 0 Å². The van der Waals surface area contributed by atoms with Gasteiger partial charge in [-0.3, -0.25) is 4.67 Å². The zero-order chi connectivity index (χ0) is 9.03. The fourth-order valence-corrected chi connectivity index (χ4v) is 1.95. The number of methoxy groups -OCH3 is 1. The summed E-state index contributed by atoms with van der Waals surface area (Å²) in [5.41, 5.74) is 0.120. The summed E-state index contributed by atoms with van der Waals surface area (Å²) >= 11 is 0. The first-order chi connectivity index (χ1) is 5.66. The van der Waals surface area contributed by atoms with Crippen LogP contribution in [0.25, 0.3) is 0 Å². The van der Waals surface area contributed by atoms with E-state index < -0.39 is 0 Å². The van der Waals surface area contributed by atoms with Crippen molar-refractivity contribution in [3.63, 3.8) is 0 Å². The molecule has 1 rings (SSSR count). The van der Waals surface area contributed by atoms with Crippen molar-refractivity contribution < 1.29 is 4.74 Å². The Morgan fingerprint density at radius 1 is 1.25 bits per heavy atom. The monoisotopic (exact) mass is 189 g/mol. The Morgan fingerprint density at radius 2 is 2.00 bits per heavy atom. The van der Waals surface area contributed by atoms with E-state index in [1.54, 1.807) is 0 Å². The molecule has 72 valence electrons. The first kappa shape index (κ1) is 10.4. The largest absolute Gasteiger partial charge is 0.378 e. The SMILES string of the molecule is COC1(C)CCCCN(P)CC1. The lowest BCUT2D eigenvalue weighted by Gasteiger charge is -2.32. The summed E-state index contributed by atoms with van der Waals surface area (Å²) < 4.78 is 7.84. The van der Waals surface area contributed by atoms with Gasteiger partial charge in [0.25, 0.3) is 0 Å². The molecule has 0 radical (unpaired) electrons. The fourth-order valence-electron chi connectivity index (χ4n) is 1.63. The lowest BCUT2D eigenvalue weighted by molar-refractivity contribution is -0.0167. The van der Waals surface area contributed by atoms with Crippen LogP contribution in [-0.2, 0) is 4.74 Å². The van der Waals surface area contributed by atoms with E-state index in [4.69, 9.17) is 4.74 Å². The topological polar surface area (TPSA) is 12.5 Å². The number of hydrogen-bond donors (Lipinski definition) is 0. The van der Waals surface area contributed by atoms with Crippen LogP contribution in [0.1, 0.15) is 32.6 Å². The molecule has 0 aromatic carbocycles. The first-order valence-electron chi connectivity index (χ1n) is 4.71. The van der Waals surface area contributed by atoms with Gasteiger partial charge < -0.3 is 4.74 Å². The molecular weight excluding hydrogens is 169 g/mol. The van der Waals surface area contributed by atoms with Crippen LogP contribution in [-0.4, -0.2) is 30.5 Å². The molecule has 2 nitrogen and oxygen atoms in total. The summed E-state index contributed by atoms with van der Waals surface area (Å²) in [6, 6.07) is 0. The quantitative estimate of drug-likeness (QED) is 0.585. The highest BCUT2D eigenvalue weighted by Crippen LogP contribution is 2.25. The molecule has 1 aliphatic rings. The Morgan fingerprint density at radius 3 is 2.67 bits per heavy atom. The third-order valence-electron chi connectivity index (χ3n) is 2.82. The highest BCUT2D eigenvalue weighted by atomic mass is 31.0. The van der Waals surface area contributed by atoms with Crippen LogP contribution in [0.5, 0.6) is 0 Å². The molecule has 0 amide bonds. The Hall–Kier alpha value is 0.350. The highest BCUT2D eigenvalue weighted by molar-refractivity contribution is 7.13. The predicted molar refractivity (Wildman–Crippen MR) is 55.2 cm³/mol. The summed E-state index contributed by atoms with van der Waals surface area (Å²) in [7, 11) is 4.62. The van der Waals surface area contributed by atoms with E-state index in [0.29, 0.717) is 0 Å². The van der Waals surface area contributed by atoms with Crippen LogP contribution in [0.2, 0.25) is 0 Å². The Bertz CT molecular complexity index is 142. The molecule has 1 heterocycles. The minimum absolute atomic E-state index is 0.120. The number of rotatable bonds is 1. The maximum Gasteiger partial charge on any atom is 0.0663 e. The van der Waals surface area contributed by atoms with Crippen molar-refractivity contribution >= 4 is 9.39 Å². The smallest absolute Gasteiger partial charge is 0.0663 e. The molecule has 1 fully saturated rings. The normalized spacial score (nSPS) is 34.2. The summed E-state index contributed by atoms with van der Waals surface area (Å²) in [5.74, 6) is 0. The van der Waals surface area contributed by atoms with E-state index in [2.05, 4.69) is 21.0 Å². The summed E-state index contributed by atoms with van der Waals surface area (Å²) in [6.07, 6.45) is 4.94. The van der Waals surface area contributed by atoms with Gasteiger partial charge in [0.2, 0.25) is 0 Å². The molecule has 0 aromatic heterocycles. The molecular formula is C9H20NOP. The van der Waals surface area contributed by atoms with Gasteiger partial charge in [0.15, 0.2) is 0 Å². The minimum Gasteiger partial charge on any atom is -0.378 e. The van der Waals surface area contributed by atoms with Gasteiger partial charge in [-0.15, -0.1) is 0 Å². The van der Waals surface area contributed by atoms with Gasteiger partial charge in [-0.05, 0) is 32.6 Å². The molecule has 2 atom stereocenters. The van der Waals surface area contributed by atoms with Crippen molar-refractivity contribution in [2.75, 3.05) is 20.2 Å². The predicted octanol–water partition coefficient (Wildman–Crippen LogP) is 2.06. The second-order valence-corrected chi connectivity index (χ2v) is 4.63. The number of nitrogens with zero attached hydrogens (tertiary/aromatic N) is 1. The average Bonchev–Trinajstić information content (AvgIpc) is 2.07. The van der Waals surface area contributed by atoms with Gasteiger partial charge in [0.1, 0.15) is 0 Å². The second-order valence-electron chi connectivity index (χ2n) is 3.90. The molecule has 1 aliphatic heterocycles. The summed E-state index contributed by atoms with van der Waals surface area (Å²) in [4.78, 5) is 0. The molecule has 1 saturated heterocycles. The maximum atomic E-state index is 5.53. The van der Waals surface area contributed by atoms with Gasteiger partial charge >= 0.3 is 0 Å². The van der Waals surface area contributed by atoms with Gasteiger partial charge in [0.05, 0.1) is 5.60 Å². The Kier molecular flexibility index (Phi) is 3.95. The molecule has 0 N–H and O–H groups in total. The number of ether oxygens (including phenoxy) is 1. The maximum absolute atomic E-state index is 5.53.